The third kappa shape index (κ3) is 1.56. The van der Waals surface area contributed by atoms with Crippen LogP contribution < -0.4 is 11.3 Å². The number of nitrogens with two attached hydrogens (primary N) is 1. The van der Waals surface area contributed by atoms with Gasteiger partial charge in [0.2, 0.25) is 0 Å². The summed E-state index contributed by atoms with van der Waals surface area (Å²) >= 11 is 3.14. The molecule has 0 spiro atoms. The number of rotatable bonds is 1. The number of H-pyrrole nitrogens is 1. The van der Waals surface area contributed by atoms with Crippen molar-refractivity contribution in [3.63, 3.8) is 0 Å². The van der Waals surface area contributed by atoms with Gasteiger partial charge in [0.05, 0.1) is 0 Å². The van der Waals surface area contributed by atoms with Gasteiger partial charge in [0, 0.05) is 6.20 Å². The van der Waals surface area contributed by atoms with E-state index >= 15 is 0 Å². The van der Waals surface area contributed by atoms with E-state index in [0.717, 1.165) is 0 Å². The topological polar surface area (TPSA) is 84.9 Å². The molecule has 6 heteroatoms. The smallest absolute Gasteiger partial charge is 0.263 e. The average Bonchev–Trinajstić information content (AvgIpc) is 2.51. The van der Waals surface area contributed by atoms with Crippen molar-refractivity contribution >= 4 is 21.9 Å². The molecule has 0 radical (unpaired) electrons. The van der Waals surface area contributed by atoms with E-state index in [9.17, 15) is 4.79 Å². The Hall–Kier alpha value is -1.56. The second-order valence-corrected chi connectivity index (χ2v) is 3.40. The zero-order valence-corrected chi connectivity index (χ0v) is 8.54. The van der Waals surface area contributed by atoms with E-state index in [-0.39, 0.29) is 11.5 Å². The number of hydrogen-bond acceptors (Lipinski definition) is 4. The molecule has 3 N–H and O–H groups in total. The summed E-state index contributed by atoms with van der Waals surface area (Å²) < 4.78 is 5.77. The molecule has 0 fully saturated rings. The van der Waals surface area contributed by atoms with E-state index in [1.807, 2.05) is 0 Å². The third-order valence-electron chi connectivity index (χ3n) is 1.66. The predicted molar refractivity (Wildman–Crippen MR) is 54.7 cm³/mol. The summed E-state index contributed by atoms with van der Waals surface area (Å²) in [7, 11) is 0. The molecular formula is C8H6BrN3O2. The van der Waals surface area contributed by atoms with Crippen molar-refractivity contribution in [2.45, 2.75) is 0 Å². The van der Waals surface area contributed by atoms with Gasteiger partial charge in [-0.1, -0.05) is 0 Å². The van der Waals surface area contributed by atoms with Gasteiger partial charge in [0.15, 0.2) is 10.6 Å². The number of furan rings is 1. The summed E-state index contributed by atoms with van der Waals surface area (Å²) in [6.45, 7) is 0. The van der Waals surface area contributed by atoms with Gasteiger partial charge in [-0.15, -0.1) is 0 Å². The van der Waals surface area contributed by atoms with Crippen LogP contribution in [0.2, 0.25) is 0 Å². The highest BCUT2D eigenvalue weighted by Gasteiger charge is 2.08. The van der Waals surface area contributed by atoms with Crippen LogP contribution in [-0.4, -0.2) is 9.97 Å². The van der Waals surface area contributed by atoms with Crippen LogP contribution in [0.3, 0.4) is 0 Å². The van der Waals surface area contributed by atoms with Gasteiger partial charge in [-0.2, -0.15) is 0 Å². The van der Waals surface area contributed by atoms with Crippen LogP contribution in [0.5, 0.6) is 0 Å². The normalized spacial score (nSPS) is 10.4. The molecule has 14 heavy (non-hydrogen) atoms. The molecule has 0 amide bonds. The number of halogens is 1. The molecule has 5 nitrogen and oxygen atoms in total. The Balaban J connectivity index is 2.57. The molecule has 0 aliphatic rings. The minimum atomic E-state index is -0.320. The first-order chi connectivity index (χ1) is 6.66. The van der Waals surface area contributed by atoms with Crippen molar-refractivity contribution in [1.82, 2.24) is 9.97 Å². The van der Waals surface area contributed by atoms with Gasteiger partial charge in [-0.05, 0) is 28.1 Å². The maximum atomic E-state index is 11.4. The Morgan fingerprint density at radius 1 is 1.50 bits per heavy atom. The second-order valence-electron chi connectivity index (χ2n) is 2.61. The van der Waals surface area contributed by atoms with Crippen LogP contribution >= 0.6 is 15.9 Å². The van der Waals surface area contributed by atoms with Crippen LogP contribution in [0.1, 0.15) is 0 Å². The fourth-order valence-corrected chi connectivity index (χ4v) is 1.35. The summed E-state index contributed by atoms with van der Waals surface area (Å²) in [5, 5.41) is 0. The molecule has 0 saturated heterocycles. The molecule has 0 unspecified atom stereocenters. The molecule has 0 atom stereocenters. The van der Waals surface area contributed by atoms with Crippen LogP contribution in [-0.2, 0) is 0 Å². The predicted octanol–water partition coefficient (Wildman–Crippen LogP) is 1.37. The fraction of sp³-hybridized carbons (Fsp3) is 0. The Bertz CT molecular complexity index is 517. The molecule has 2 aromatic rings. The largest absolute Gasteiger partial charge is 0.449 e. The van der Waals surface area contributed by atoms with Crippen molar-refractivity contribution in [3.05, 3.63) is 33.4 Å². The maximum Gasteiger partial charge on any atom is 0.263 e. The monoisotopic (exact) mass is 255 g/mol. The fourth-order valence-electron chi connectivity index (χ4n) is 1.04. The van der Waals surface area contributed by atoms with Gasteiger partial charge in [0.1, 0.15) is 11.3 Å². The third-order valence-corrected chi connectivity index (χ3v) is 2.08. The van der Waals surface area contributed by atoms with E-state index in [2.05, 4.69) is 25.9 Å². The molecule has 2 aromatic heterocycles. The molecule has 0 bridgehead atoms. The molecule has 0 aliphatic carbocycles. The zero-order chi connectivity index (χ0) is 10.1. The van der Waals surface area contributed by atoms with E-state index in [1.54, 1.807) is 12.1 Å². The number of nitrogens with one attached hydrogen (secondary N) is 1. The van der Waals surface area contributed by atoms with E-state index in [0.29, 0.717) is 16.0 Å². The molecule has 0 saturated carbocycles. The molecule has 0 aromatic carbocycles. The molecular weight excluding hydrogens is 250 g/mol. The first kappa shape index (κ1) is 9.01. The molecule has 2 rings (SSSR count). The molecule has 72 valence electrons. The van der Waals surface area contributed by atoms with E-state index in [1.165, 1.54) is 6.20 Å². The van der Waals surface area contributed by atoms with Gasteiger partial charge < -0.3 is 10.2 Å². The second kappa shape index (κ2) is 3.30. The van der Waals surface area contributed by atoms with Gasteiger partial charge in [-0.25, -0.2) is 4.98 Å². The van der Waals surface area contributed by atoms with Crippen LogP contribution in [0, 0.1) is 0 Å². The summed E-state index contributed by atoms with van der Waals surface area (Å²) in [4.78, 5) is 17.6. The van der Waals surface area contributed by atoms with Gasteiger partial charge in [0.25, 0.3) is 5.56 Å². The highest BCUT2D eigenvalue weighted by Crippen LogP contribution is 2.21. The number of anilines is 1. The summed E-state index contributed by atoms with van der Waals surface area (Å²) in [6.07, 6.45) is 1.37. The van der Waals surface area contributed by atoms with Crippen molar-refractivity contribution < 1.29 is 4.42 Å². The SMILES string of the molecule is Nc1ncc(-c2ccc(Br)o2)c(=O)[nH]1. The van der Waals surface area contributed by atoms with Gasteiger partial charge in [-0.3, -0.25) is 9.78 Å². The number of aromatic nitrogens is 2. The van der Waals surface area contributed by atoms with Crippen molar-refractivity contribution in [1.29, 1.82) is 0 Å². The zero-order valence-electron chi connectivity index (χ0n) is 6.95. The Kier molecular flexibility index (Phi) is 2.12. The van der Waals surface area contributed by atoms with Crippen LogP contribution in [0.4, 0.5) is 5.95 Å². The lowest BCUT2D eigenvalue weighted by molar-refractivity contribution is 0.555. The highest BCUT2D eigenvalue weighted by molar-refractivity contribution is 9.10. The van der Waals surface area contributed by atoms with Crippen molar-refractivity contribution in [2.75, 3.05) is 5.73 Å². The Morgan fingerprint density at radius 3 is 2.86 bits per heavy atom. The van der Waals surface area contributed by atoms with Crippen molar-refractivity contribution in [2.24, 2.45) is 0 Å². The first-order valence-electron chi connectivity index (χ1n) is 3.77. The quantitative estimate of drug-likeness (QED) is 0.806. The van der Waals surface area contributed by atoms with Gasteiger partial charge >= 0.3 is 0 Å². The highest BCUT2D eigenvalue weighted by atomic mass is 79.9. The number of nitrogens with zero attached hydrogens (tertiary/aromatic N) is 1. The van der Waals surface area contributed by atoms with Crippen LogP contribution in [0.15, 0.2) is 32.2 Å². The number of hydrogen-bond donors (Lipinski definition) is 2. The maximum absolute atomic E-state index is 11.4. The lowest BCUT2D eigenvalue weighted by atomic mass is 10.2. The lowest BCUT2D eigenvalue weighted by Crippen LogP contribution is -2.12. The van der Waals surface area contributed by atoms with E-state index in [4.69, 9.17) is 10.2 Å². The molecule has 2 heterocycles. The van der Waals surface area contributed by atoms with E-state index < -0.39 is 0 Å². The lowest BCUT2D eigenvalue weighted by Gasteiger charge is -1.95. The first-order valence-corrected chi connectivity index (χ1v) is 4.56. The number of nitrogen functional groups attached to an aromatic ring is 1. The standard InChI is InChI=1S/C8H6BrN3O2/c9-6-2-1-5(14-6)4-3-11-8(10)12-7(4)13/h1-3H,(H3,10,11,12,13). The van der Waals surface area contributed by atoms with Crippen molar-refractivity contribution in [3.8, 4) is 11.3 Å². The van der Waals surface area contributed by atoms with Crippen LogP contribution in [0.25, 0.3) is 11.3 Å². The minimum absolute atomic E-state index is 0.0874. The summed E-state index contributed by atoms with van der Waals surface area (Å²) in [5.74, 6) is 0.537. The summed E-state index contributed by atoms with van der Waals surface area (Å²) in [6, 6.07) is 3.37. The number of aromatic amines is 1. The Labute approximate surface area is 87.1 Å². The molecule has 0 aliphatic heterocycles. The Morgan fingerprint density at radius 2 is 2.29 bits per heavy atom. The average molecular weight is 256 g/mol. The summed E-state index contributed by atoms with van der Waals surface area (Å²) in [5.41, 5.74) is 5.34. The minimum Gasteiger partial charge on any atom is -0.449 e.